The Morgan fingerprint density at radius 3 is 2.63 bits per heavy atom. The van der Waals surface area contributed by atoms with Crippen LogP contribution in [0.2, 0.25) is 5.15 Å². The maximum Gasteiger partial charge on any atom is 0.357 e. The first kappa shape index (κ1) is 14.2. The Kier molecular flexibility index (Phi) is 4.36. The van der Waals surface area contributed by atoms with Crippen LogP contribution in [0.25, 0.3) is 5.69 Å². The molecule has 0 radical (unpaired) electrons. The standard InChI is InChI=1S/C13H12ClIN2O2/c1-2-19-13(18)12-10(16)7-11(14)17(12)9-5-3-8(15)4-6-9/h3-7H,2,16H2,1H3. The number of hydrogen-bond donors (Lipinski definition) is 1. The average Bonchev–Trinajstić information content (AvgIpc) is 2.65. The van der Waals surface area contributed by atoms with Crippen LogP contribution in [0.1, 0.15) is 17.4 Å². The van der Waals surface area contributed by atoms with E-state index < -0.39 is 5.97 Å². The van der Waals surface area contributed by atoms with E-state index in [1.165, 1.54) is 0 Å². The Hall–Kier alpha value is -1.21. The van der Waals surface area contributed by atoms with Crippen LogP contribution in [-0.4, -0.2) is 17.1 Å². The minimum Gasteiger partial charge on any atom is -0.461 e. The Bertz CT molecular complexity index is 608. The molecule has 1 aromatic heterocycles. The highest BCUT2D eigenvalue weighted by Crippen LogP contribution is 2.28. The molecule has 0 atom stereocenters. The monoisotopic (exact) mass is 390 g/mol. The molecule has 0 saturated heterocycles. The van der Waals surface area contributed by atoms with Crippen molar-refractivity contribution in [2.45, 2.75) is 6.92 Å². The van der Waals surface area contributed by atoms with Gasteiger partial charge in [0, 0.05) is 9.26 Å². The van der Waals surface area contributed by atoms with E-state index in [0.717, 1.165) is 9.26 Å². The molecule has 0 bridgehead atoms. The molecule has 100 valence electrons. The second-order valence-corrected chi connectivity index (χ2v) is 5.44. The van der Waals surface area contributed by atoms with E-state index in [1.807, 2.05) is 24.3 Å². The van der Waals surface area contributed by atoms with Crippen LogP contribution in [0.15, 0.2) is 30.3 Å². The number of rotatable bonds is 3. The minimum atomic E-state index is -0.481. The second-order valence-electron chi connectivity index (χ2n) is 3.80. The largest absolute Gasteiger partial charge is 0.461 e. The van der Waals surface area contributed by atoms with Crippen LogP contribution in [0.3, 0.4) is 0 Å². The molecule has 2 rings (SSSR count). The average molecular weight is 391 g/mol. The number of nitrogens with two attached hydrogens (primary N) is 1. The molecule has 0 aliphatic carbocycles. The van der Waals surface area contributed by atoms with Gasteiger partial charge in [0.15, 0.2) is 5.69 Å². The number of benzene rings is 1. The molecule has 0 amide bonds. The van der Waals surface area contributed by atoms with Crippen LogP contribution in [0, 0.1) is 3.57 Å². The van der Waals surface area contributed by atoms with Gasteiger partial charge < -0.3 is 10.5 Å². The number of nitrogen functional groups attached to an aromatic ring is 1. The SMILES string of the molecule is CCOC(=O)c1c(N)cc(Cl)n1-c1ccc(I)cc1. The zero-order valence-electron chi connectivity index (χ0n) is 10.2. The molecule has 0 fully saturated rings. The highest BCUT2D eigenvalue weighted by Gasteiger charge is 2.21. The van der Waals surface area contributed by atoms with E-state index in [2.05, 4.69) is 22.6 Å². The summed E-state index contributed by atoms with van der Waals surface area (Å²) >= 11 is 8.35. The first-order valence-corrected chi connectivity index (χ1v) is 7.10. The highest BCUT2D eigenvalue weighted by atomic mass is 127. The van der Waals surface area contributed by atoms with Crippen molar-refractivity contribution in [2.75, 3.05) is 12.3 Å². The van der Waals surface area contributed by atoms with Crippen LogP contribution >= 0.6 is 34.2 Å². The smallest absolute Gasteiger partial charge is 0.357 e. The van der Waals surface area contributed by atoms with Crippen molar-refractivity contribution in [3.05, 3.63) is 44.7 Å². The van der Waals surface area contributed by atoms with Gasteiger partial charge in [-0.2, -0.15) is 0 Å². The lowest BCUT2D eigenvalue weighted by Gasteiger charge is -2.10. The Morgan fingerprint density at radius 1 is 1.42 bits per heavy atom. The molecule has 0 aliphatic heterocycles. The number of carbonyl (C=O) groups excluding carboxylic acids is 1. The quantitative estimate of drug-likeness (QED) is 0.645. The molecule has 2 N–H and O–H groups in total. The molecular formula is C13H12ClIN2O2. The summed E-state index contributed by atoms with van der Waals surface area (Å²) in [6, 6.07) is 9.14. The minimum absolute atomic E-state index is 0.257. The van der Waals surface area contributed by atoms with Gasteiger partial charge in [-0.3, -0.25) is 4.57 Å². The summed E-state index contributed by atoms with van der Waals surface area (Å²) in [4.78, 5) is 12.0. The number of nitrogens with zero attached hydrogens (tertiary/aromatic N) is 1. The molecule has 2 aromatic rings. The zero-order chi connectivity index (χ0) is 14.0. The number of ether oxygens (including phenoxy) is 1. The predicted molar refractivity (Wildman–Crippen MR) is 83.9 cm³/mol. The maximum atomic E-state index is 12.0. The molecule has 1 aromatic carbocycles. The van der Waals surface area contributed by atoms with Gasteiger partial charge in [0.05, 0.1) is 12.3 Å². The third kappa shape index (κ3) is 2.87. The number of esters is 1. The zero-order valence-corrected chi connectivity index (χ0v) is 13.1. The first-order valence-electron chi connectivity index (χ1n) is 5.64. The highest BCUT2D eigenvalue weighted by molar-refractivity contribution is 14.1. The molecule has 4 nitrogen and oxygen atoms in total. The second kappa shape index (κ2) is 5.83. The van der Waals surface area contributed by atoms with Gasteiger partial charge in [-0.25, -0.2) is 4.79 Å². The molecular weight excluding hydrogens is 379 g/mol. The summed E-state index contributed by atoms with van der Waals surface area (Å²) < 4.78 is 7.69. The summed E-state index contributed by atoms with van der Waals surface area (Å²) in [5, 5.41) is 0.377. The summed E-state index contributed by atoms with van der Waals surface area (Å²) in [6.45, 7) is 2.03. The molecule has 0 unspecified atom stereocenters. The van der Waals surface area contributed by atoms with Crippen LogP contribution in [-0.2, 0) is 4.74 Å². The summed E-state index contributed by atoms with van der Waals surface area (Å²) in [7, 11) is 0. The van der Waals surface area contributed by atoms with E-state index in [0.29, 0.717) is 10.8 Å². The van der Waals surface area contributed by atoms with Crippen molar-refractivity contribution < 1.29 is 9.53 Å². The van der Waals surface area contributed by atoms with Gasteiger partial charge in [0.2, 0.25) is 0 Å². The molecule has 1 heterocycles. The van der Waals surface area contributed by atoms with Gasteiger partial charge in [0.25, 0.3) is 0 Å². The number of hydrogen-bond acceptors (Lipinski definition) is 3. The van der Waals surface area contributed by atoms with Crippen molar-refractivity contribution in [2.24, 2.45) is 0 Å². The van der Waals surface area contributed by atoms with Gasteiger partial charge in [-0.1, -0.05) is 11.6 Å². The van der Waals surface area contributed by atoms with Crippen LogP contribution in [0.5, 0.6) is 0 Å². The van der Waals surface area contributed by atoms with Gasteiger partial charge in [-0.05, 0) is 59.8 Å². The maximum absolute atomic E-state index is 12.0. The molecule has 19 heavy (non-hydrogen) atoms. The summed E-state index contributed by atoms with van der Waals surface area (Å²) in [6.07, 6.45) is 0. The van der Waals surface area contributed by atoms with E-state index in [-0.39, 0.29) is 12.3 Å². The van der Waals surface area contributed by atoms with Crippen molar-refractivity contribution in [1.82, 2.24) is 4.57 Å². The topological polar surface area (TPSA) is 57.2 Å². The molecule has 0 aliphatic rings. The van der Waals surface area contributed by atoms with E-state index in [4.69, 9.17) is 22.1 Å². The van der Waals surface area contributed by atoms with Crippen molar-refractivity contribution in [3.8, 4) is 5.69 Å². The first-order chi connectivity index (χ1) is 9.04. The lowest BCUT2D eigenvalue weighted by molar-refractivity contribution is 0.0518. The molecule has 0 saturated carbocycles. The van der Waals surface area contributed by atoms with Crippen LogP contribution < -0.4 is 5.73 Å². The fraction of sp³-hybridized carbons (Fsp3) is 0.154. The lowest BCUT2D eigenvalue weighted by atomic mass is 10.3. The Morgan fingerprint density at radius 2 is 2.05 bits per heavy atom. The Balaban J connectivity index is 2.56. The molecule has 0 spiro atoms. The fourth-order valence-corrected chi connectivity index (χ4v) is 2.41. The normalized spacial score (nSPS) is 10.5. The van der Waals surface area contributed by atoms with Crippen molar-refractivity contribution in [1.29, 1.82) is 0 Å². The van der Waals surface area contributed by atoms with Crippen LogP contribution in [0.4, 0.5) is 5.69 Å². The van der Waals surface area contributed by atoms with E-state index in [1.54, 1.807) is 17.6 Å². The summed E-state index contributed by atoms with van der Waals surface area (Å²) in [5.74, 6) is -0.481. The van der Waals surface area contributed by atoms with E-state index >= 15 is 0 Å². The summed E-state index contributed by atoms with van der Waals surface area (Å²) in [5.41, 5.74) is 7.17. The number of halogens is 2. The van der Waals surface area contributed by atoms with Gasteiger partial charge >= 0.3 is 5.97 Å². The third-order valence-electron chi connectivity index (χ3n) is 2.54. The predicted octanol–water partition coefficient (Wildman–Crippen LogP) is 3.49. The van der Waals surface area contributed by atoms with Crippen molar-refractivity contribution in [3.63, 3.8) is 0 Å². The lowest BCUT2D eigenvalue weighted by Crippen LogP contribution is -2.13. The Labute approximate surface area is 129 Å². The van der Waals surface area contributed by atoms with Gasteiger partial charge in [-0.15, -0.1) is 0 Å². The number of anilines is 1. The molecule has 6 heteroatoms. The number of aromatic nitrogens is 1. The number of carbonyl (C=O) groups is 1. The van der Waals surface area contributed by atoms with E-state index in [9.17, 15) is 4.79 Å². The fourth-order valence-electron chi connectivity index (χ4n) is 1.75. The van der Waals surface area contributed by atoms with Crippen molar-refractivity contribution >= 4 is 45.8 Å². The third-order valence-corrected chi connectivity index (χ3v) is 3.54. The van der Waals surface area contributed by atoms with Gasteiger partial charge in [0.1, 0.15) is 5.15 Å².